The minimum absolute atomic E-state index is 0.0129. The lowest BCUT2D eigenvalue weighted by molar-refractivity contribution is -0.211. The van der Waals surface area contributed by atoms with Crippen LogP contribution in [0.2, 0.25) is 0 Å². The molecule has 1 saturated carbocycles. The summed E-state index contributed by atoms with van der Waals surface area (Å²) in [5, 5.41) is 7.80. The fourth-order valence-electron chi connectivity index (χ4n) is 6.47. The first kappa shape index (κ1) is 32.7. The molecule has 8 nitrogen and oxygen atoms in total. The number of carbonyl (C=O) groups excluding carboxylic acids is 2. The first-order valence-electron chi connectivity index (χ1n) is 15.2. The van der Waals surface area contributed by atoms with Gasteiger partial charge in [0.25, 0.3) is 11.6 Å². The first-order valence-corrected chi connectivity index (χ1v) is 16.8. The number of amides is 1. The lowest BCUT2D eigenvalue weighted by atomic mass is 9.81. The van der Waals surface area contributed by atoms with Crippen molar-refractivity contribution in [1.29, 1.82) is 0 Å². The highest BCUT2D eigenvalue weighted by Crippen LogP contribution is 2.39. The van der Waals surface area contributed by atoms with E-state index in [1.54, 1.807) is 42.5 Å². The maximum atomic E-state index is 14.3. The Morgan fingerprint density at radius 2 is 1.71 bits per heavy atom. The molecule has 45 heavy (non-hydrogen) atoms. The quantitative estimate of drug-likeness (QED) is 0.220. The van der Waals surface area contributed by atoms with Crippen LogP contribution in [0.4, 0.5) is 18.9 Å². The molecule has 0 spiro atoms. The highest BCUT2D eigenvalue weighted by atomic mass is 32.2. The Hall–Kier alpha value is -3.64. The van der Waals surface area contributed by atoms with Crippen molar-refractivity contribution in [3.8, 4) is 0 Å². The van der Waals surface area contributed by atoms with Gasteiger partial charge in [-0.25, -0.2) is 13.2 Å². The van der Waals surface area contributed by atoms with E-state index in [9.17, 15) is 31.2 Å². The third kappa shape index (κ3) is 7.27. The Labute approximate surface area is 261 Å². The highest BCUT2D eigenvalue weighted by molar-refractivity contribution is 7.91. The second-order valence-corrected chi connectivity index (χ2v) is 14.4. The number of carbonyl (C=O) groups is 2. The molecule has 1 heterocycles. The molecule has 0 radical (unpaired) electrons. The van der Waals surface area contributed by atoms with Gasteiger partial charge in [0.1, 0.15) is 0 Å². The molecule has 0 aromatic heterocycles. The summed E-state index contributed by atoms with van der Waals surface area (Å²) in [6.07, 6.45) is -4.03. The number of halogens is 3. The normalized spacial score (nSPS) is 24.3. The molecule has 4 atom stereocenters. The van der Waals surface area contributed by atoms with Crippen LogP contribution in [0, 0.1) is 11.8 Å². The van der Waals surface area contributed by atoms with Crippen LogP contribution < -0.4 is 10.6 Å². The Kier molecular flexibility index (Phi) is 9.46. The fraction of sp³-hybridized carbons (Fsp3) is 0.455. The van der Waals surface area contributed by atoms with E-state index in [-0.39, 0.29) is 29.7 Å². The number of rotatable bonds is 10. The number of fused-ring (bicyclic) bond motifs is 1. The van der Waals surface area contributed by atoms with Crippen molar-refractivity contribution in [3.63, 3.8) is 0 Å². The maximum absolute atomic E-state index is 14.3. The third-order valence-corrected chi connectivity index (χ3v) is 10.5. The largest absolute Gasteiger partial charge is 0.491 e. The second kappa shape index (κ2) is 13.0. The number of sulfone groups is 1. The van der Waals surface area contributed by atoms with E-state index >= 15 is 0 Å². The number of nitrogens with one attached hydrogen (secondary N) is 2. The van der Waals surface area contributed by atoms with Crippen molar-refractivity contribution in [2.75, 3.05) is 24.2 Å². The molecule has 1 saturated heterocycles. The fourth-order valence-corrected chi connectivity index (χ4v) is 8.16. The van der Waals surface area contributed by atoms with E-state index in [1.807, 2.05) is 18.2 Å². The van der Waals surface area contributed by atoms with Crippen LogP contribution in [0.5, 0.6) is 0 Å². The molecule has 2 fully saturated rings. The van der Waals surface area contributed by atoms with Crippen molar-refractivity contribution >= 4 is 38.2 Å². The predicted molar refractivity (Wildman–Crippen MR) is 165 cm³/mol. The van der Waals surface area contributed by atoms with Gasteiger partial charge in [-0.05, 0) is 61.2 Å². The number of anilines is 1. The monoisotopic (exact) mass is 645 g/mol. The van der Waals surface area contributed by atoms with Crippen LogP contribution in [0.15, 0.2) is 77.7 Å². The zero-order chi connectivity index (χ0) is 32.4. The summed E-state index contributed by atoms with van der Waals surface area (Å²) in [5.41, 5.74) is -1.99. The molecule has 2 N–H and O–H groups in total. The van der Waals surface area contributed by atoms with Crippen molar-refractivity contribution in [2.24, 2.45) is 11.8 Å². The molecule has 242 valence electrons. The molecule has 0 bridgehead atoms. The predicted octanol–water partition coefficient (Wildman–Crippen LogP) is 5.54. The van der Waals surface area contributed by atoms with Gasteiger partial charge in [-0.1, -0.05) is 68.4 Å². The van der Waals surface area contributed by atoms with Gasteiger partial charge in [-0.2, -0.15) is 13.2 Å². The molecule has 3 aromatic rings. The molecule has 1 aliphatic carbocycles. The van der Waals surface area contributed by atoms with Crippen molar-refractivity contribution in [1.82, 2.24) is 10.2 Å². The summed E-state index contributed by atoms with van der Waals surface area (Å²) < 4.78 is 72.7. The maximum Gasteiger partial charge on any atom is 0.491 e. The number of likely N-dealkylation sites (tertiary alicyclic amines) is 1. The molecule has 5 rings (SSSR count). The van der Waals surface area contributed by atoms with Gasteiger partial charge in [-0.3, -0.25) is 4.79 Å². The van der Waals surface area contributed by atoms with Gasteiger partial charge in [0.2, 0.25) is 0 Å². The van der Waals surface area contributed by atoms with E-state index in [0.717, 1.165) is 11.9 Å². The van der Waals surface area contributed by atoms with Crippen LogP contribution in [0.3, 0.4) is 0 Å². The van der Waals surface area contributed by atoms with Crippen LogP contribution in [0.25, 0.3) is 10.8 Å². The molecular weight excluding hydrogens is 607 g/mol. The van der Waals surface area contributed by atoms with E-state index < -0.39 is 45.6 Å². The average molecular weight is 646 g/mol. The first-order chi connectivity index (χ1) is 21.3. The Morgan fingerprint density at radius 1 is 1.02 bits per heavy atom. The summed E-state index contributed by atoms with van der Waals surface area (Å²) in [7, 11) is -3.75. The number of hydrogen-bond donors (Lipinski definition) is 2. The van der Waals surface area contributed by atoms with Crippen LogP contribution in [0.1, 0.15) is 39.5 Å². The summed E-state index contributed by atoms with van der Waals surface area (Å²) in [5.74, 6) is -3.68. The number of benzene rings is 3. The lowest BCUT2D eigenvalue weighted by Crippen LogP contribution is -2.56. The number of hydrogen-bond acceptors (Lipinski definition) is 7. The van der Waals surface area contributed by atoms with Crippen molar-refractivity contribution in [3.05, 3.63) is 72.8 Å². The zero-order valence-corrected chi connectivity index (χ0v) is 26.0. The van der Waals surface area contributed by atoms with Gasteiger partial charge in [-0.15, -0.1) is 0 Å². The van der Waals surface area contributed by atoms with Crippen LogP contribution in [-0.4, -0.2) is 68.0 Å². The average Bonchev–Trinajstić information content (AvgIpc) is 3.30. The standard InChI is InChI=1S/C33H38F3N3O5S/c1-22(2)20-37-25-15-16-29(24(19-25)21-45(42,43)26-11-4-3-5-12-26)39-18-17-32(30(39)40,44-31(41)33(34,35)36)38-28-14-8-10-23-9-6-7-13-27(23)28/h3-14,22,24-25,29,37-38H,15-21H2,1-2H3/t24-,25+,29-,32?/m0/s1. The Morgan fingerprint density at radius 3 is 2.42 bits per heavy atom. The number of esters is 1. The third-order valence-electron chi connectivity index (χ3n) is 8.63. The van der Waals surface area contributed by atoms with E-state index in [4.69, 9.17) is 4.74 Å². The van der Waals surface area contributed by atoms with Crippen molar-refractivity contribution < 1.29 is 35.9 Å². The summed E-state index contributed by atoms with van der Waals surface area (Å²) in [6.45, 7) is 4.87. The van der Waals surface area contributed by atoms with Gasteiger partial charge in [0.05, 0.1) is 10.6 Å². The minimum Gasteiger partial charge on any atom is -0.423 e. The topological polar surface area (TPSA) is 105 Å². The van der Waals surface area contributed by atoms with Crippen LogP contribution in [-0.2, 0) is 24.2 Å². The summed E-state index contributed by atoms with van der Waals surface area (Å²) in [4.78, 5) is 28.1. The Bertz CT molecular complexity index is 1630. The number of ether oxygens (including phenoxy) is 1. The molecule has 3 aromatic carbocycles. The highest BCUT2D eigenvalue weighted by Gasteiger charge is 2.57. The molecule has 1 amide bonds. The Balaban J connectivity index is 1.48. The minimum atomic E-state index is -5.33. The number of alkyl halides is 3. The number of nitrogens with zero attached hydrogens (tertiary/aromatic N) is 1. The van der Waals surface area contributed by atoms with Gasteiger partial charge >= 0.3 is 12.1 Å². The van der Waals surface area contributed by atoms with E-state index in [0.29, 0.717) is 36.3 Å². The molecular formula is C33H38F3N3O5S. The molecule has 12 heteroatoms. The summed E-state index contributed by atoms with van der Waals surface area (Å²) in [6, 6.07) is 19.8. The summed E-state index contributed by atoms with van der Waals surface area (Å²) >= 11 is 0. The SMILES string of the molecule is CC(C)CN[C@@H]1CC[C@H](N2CCC(Nc3cccc4ccccc34)(OC(=O)C(F)(F)F)C2=O)[C@H](CS(=O)(=O)c2ccccc2)C1. The molecule has 1 aliphatic heterocycles. The second-order valence-electron chi connectivity index (χ2n) is 12.3. The van der Waals surface area contributed by atoms with Gasteiger partial charge in [0.15, 0.2) is 9.84 Å². The van der Waals surface area contributed by atoms with E-state index in [2.05, 4.69) is 24.5 Å². The van der Waals surface area contributed by atoms with Gasteiger partial charge < -0.3 is 20.3 Å². The smallest absolute Gasteiger partial charge is 0.423 e. The molecule has 1 unspecified atom stereocenters. The lowest BCUT2D eigenvalue weighted by Gasteiger charge is -2.42. The van der Waals surface area contributed by atoms with Crippen molar-refractivity contribution in [2.45, 2.75) is 68.4 Å². The van der Waals surface area contributed by atoms with E-state index in [1.165, 1.54) is 17.0 Å². The molecule has 2 aliphatic rings. The van der Waals surface area contributed by atoms with Crippen LogP contribution >= 0.6 is 0 Å². The zero-order valence-electron chi connectivity index (χ0n) is 25.2. The van der Waals surface area contributed by atoms with Gasteiger partial charge in [0, 0.05) is 36.1 Å².